The van der Waals surface area contributed by atoms with Crippen LogP contribution in [0.15, 0.2) is 17.1 Å². The predicted molar refractivity (Wildman–Crippen MR) is 153 cm³/mol. The lowest BCUT2D eigenvalue weighted by Gasteiger charge is -2.33. The van der Waals surface area contributed by atoms with Gasteiger partial charge in [-0.1, -0.05) is 73.5 Å². The number of aromatic nitrogens is 2. The first-order valence-corrected chi connectivity index (χ1v) is 14.2. The smallest absolute Gasteiger partial charge is 0.397 e. The lowest BCUT2D eigenvalue weighted by atomic mass is 9.78. The van der Waals surface area contributed by atoms with E-state index in [1.165, 1.54) is 4.57 Å². The number of nitrogens with one attached hydrogen (secondary N) is 1. The van der Waals surface area contributed by atoms with Gasteiger partial charge in [-0.15, -0.1) is 6.42 Å². The van der Waals surface area contributed by atoms with Crippen molar-refractivity contribution in [3.05, 3.63) is 55.5 Å². The second kappa shape index (κ2) is 13.3. The molecule has 2 heterocycles. The molecule has 2 atom stereocenters. The number of aryl methyl sites for hydroxylation is 1. The van der Waals surface area contributed by atoms with Crippen molar-refractivity contribution in [3.8, 4) is 18.1 Å². The van der Waals surface area contributed by atoms with Crippen molar-refractivity contribution >= 4 is 20.8 Å². The summed E-state index contributed by atoms with van der Waals surface area (Å²) >= 11 is 5.06. The molecular formula is C28H40FN2O5PS. The first-order valence-electron chi connectivity index (χ1n) is 12.7. The standard InChI is InChI=1S/C26H34FN2O5PS.C2H6/c1-9-16-13-29(24(30)28-23(16)36)11-10-17(31-8)14-32-35-33-15-18-21(27)19(25(2,3)4)12-20(22(18)34-35)26(5,6)7;1-2/h1,12-13,17H,10-11,14-15H2,2-8H3,(H,28,30,36);1-2H3. The summed E-state index contributed by atoms with van der Waals surface area (Å²) in [6.45, 7) is 16.7. The molecule has 0 radical (unpaired) electrons. The van der Waals surface area contributed by atoms with Gasteiger partial charge in [-0.2, -0.15) is 0 Å². The number of halogens is 1. The molecule has 0 saturated heterocycles. The van der Waals surface area contributed by atoms with Crippen molar-refractivity contribution in [2.75, 3.05) is 13.7 Å². The average Bonchev–Trinajstić information content (AvgIpc) is 2.85. The van der Waals surface area contributed by atoms with Gasteiger partial charge in [-0.3, -0.25) is 18.6 Å². The van der Waals surface area contributed by atoms with Crippen molar-refractivity contribution in [3.63, 3.8) is 0 Å². The zero-order valence-electron chi connectivity index (χ0n) is 23.9. The Morgan fingerprint density at radius 1 is 1.24 bits per heavy atom. The minimum Gasteiger partial charge on any atom is -0.426 e. The summed E-state index contributed by atoms with van der Waals surface area (Å²) in [6.07, 6.45) is 7.13. The lowest BCUT2D eigenvalue weighted by Crippen LogP contribution is -2.27. The molecule has 1 aromatic carbocycles. The first-order chi connectivity index (χ1) is 17.8. The molecule has 10 heteroatoms. The summed E-state index contributed by atoms with van der Waals surface area (Å²) in [6, 6.07) is 1.90. The van der Waals surface area contributed by atoms with E-state index in [0.29, 0.717) is 35.4 Å². The van der Waals surface area contributed by atoms with Crippen LogP contribution in [0.25, 0.3) is 0 Å². The molecule has 1 N–H and O–H groups in total. The van der Waals surface area contributed by atoms with Crippen molar-refractivity contribution < 1.29 is 22.7 Å². The number of benzene rings is 1. The summed E-state index contributed by atoms with van der Waals surface area (Å²) in [5.41, 5.74) is 1.43. The van der Waals surface area contributed by atoms with E-state index >= 15 is 4.39 Å². The van der Waals surface area contributed by atoms with E-state index in [-0.39, 0.29) is 46.3 Å². The molecular weight excluding hydrogens is 526 g/mol. The molecule has 1 aliphatic heterocycles. The molecule has 1 aromatic heterocycles. The van der Waals surface area contributed by atoms with Crippen LogP contribution in [-0.4, -0.2) is 29.4 Å². The molecule has 0 aliphatic carbocycles. The molecule has 0 fully saturated rings. The van der Waals surface area contributed by atoms with Gasteiger partial charge in [-0.25, -0.2) is 9.18 Å². The highest BCUT2D eigenvalue weighted by molar-refractivity contribution is 7.71. The molecule has 0 spiro atoms. The van der Waals surface area contributed by atoms with E-state index < -0.39 is 8.60 Å². The van der Waals surface area contributed by atoms with E-state index in [1.54, 1.807) is 13.3 Å². The van der Waals surface area contributed by atoms with E-state index in [0.717, 1.165) is 5.56 Å². The van der Waals surface area contributed by atoms with Crippen LogP contribution in [0.1, 0.15) is 84.1 Å². The Hall–Kier alpha value is -2.08. The molecule has 2 aromatic rings. The highest BCUT2D eigenvalue weighted by Crippen LogP contribution is 2.52. The maximum absolute atomic E-state index is 15.4. The fraction of sp³-hybridized carbons (Fsp3) is 0.571. The molecule has 1 aliphatic rings. The Labute approximate surface area is 232 Å². The van der Waals surface area contributed by atoms with Crippen molar-refractivity contribution in [1.29, 1.82) is 0 Å². The Morgan fingerprint density at radius 2 is 1.87 bits per heavy atom. The van der Waals surface area contributed by atoms with Gasteiger partial charge in [0, 0.05) is 25.4 Å². The Balaban J connectivity index is 0.00000247. The van der Waals surface area contributed by atoms with Crippen LogP contribution in [-0.2, 0) is 37.8 Å². The van der Waals surface area contributed by atoms with Crippen molar-refractivity contribution in [2.45, 2.75) is 91.9 Å². The molecule has 0 bridgehead atoms. The summed E-state index contributed by atoms with van der Waals surface area (Å²) in [4.78, 5) is 14.8. The van der Waals surface area contributed by atoms with Crippen LogP contribution in [0.3, 0.4) is 0 Å². The molecule has 38 heavy (non-hydrogen) atoms. The van der Waals surface area contributed by atoms with Crippen LogP contribution < -0.4 is 10.2 Å². The predicted octanol–water partition coefficient (Wildman–Crippen LogP) is 6.91. The van der Waals surface area contributed by atoms with Gasteiger partial charge in [-0.05, 0) is 28.9 Å². The summed E-state index contributed by atoms with van der Waals surface area (Å²) in [5, 5.41) is 0. The SMILES string of the molecule is C#Cc1cn(CCC(COP2OCc3c(F)c(C(C)(C)C)cc(C(C)(C)C)c3O2)OC)c(=O)[nH]c1=S.CC. The van der Waals surface area contributed by atoms with Crippen LogP contribution in [0.5, 0.6) is 5.75 Å². The molecule has 3 rings (SSSR count). The minimum atomic E-state index is -1.76. The number of methoxy groups -OCH3 is 1. The minimum absolute atomic E-state index is 0.0606. The summed E-state index contributed by atoms with van der Waals surface area (Å²) in [7, 11) is -0.191. The van der Waals surface area contributed by atoms with Crippen LogP contribution in [0.4, 0.5) is 4.39 Å². The van der Waals surface area contributed by atoms with Gasteiger partial charge in [0.25, 0.3) is 0 Å². The van der Waals surface area contributed by atoms with Gasteiger partial charge in [0.15, 0.2) is 0 Å². The third-order valence-electron chi connectivity index (χ3n) is 5.96. The van der Waals surface area contributed by atoms with Crippen molar-refractivity contribution in [1.82, 2.24) is 9.55 Å². The van der Waals surface area contributed by atoms with Gasteiger partial charge in [0.2, 0.25) is 0 Å². The Bertz CT molecular complexity index is 1270. The van der Waals surface area contributed by atoms with Gasteiger partial charge in [0.1, 0.15) is 16.2 Å². The second-order valence-corrected chi connectivity index (χ2v) is 12.3. The monoisotopic (exact) mass is 566 g/mol. The van der Waals surface area contributed by atoms with E-state index in [1.807, 2.05) is 40.7 Å². The number of fused-ring (bicyclic) bond motifs is 1. The number of nitrogens with zero attached hydrogens (tertiary/aromatic N) is 1. The fourth-order valence-corrected chi connectivity index (χ4v) is 5.05. The number of H-pyrrole nitrogens is 1. The number of hydrogen-bond acceptors (Lipinski definition) is 6. The van der Waals surface area contributed by atoms with E-state index in [2.05, 4.69) is 31.7 Å². The highest BCUT2D eigenvalue weighted by atomic mass is 32.1. The second-order valence-electron chi connectivity index (χ2n) is 10.8. The maximum Gasteiger partial charge on any atom is 0.397 e. The maximum atomic E-state index is 15.4. The van der Waals surface area contributed by atoms with Gasteiger partial charge < -0.3 is 9.26 Å². The number of hydrogen-bond donors (Lipinski definition) is 1. The van der Waals surface area contributed by atoms with Crippen molar-refractivity contribution in [2.24, 2.45) is 0 Å². The molecule has 2 unspecified atom stereocenters. The summed E-state index contributed by atoms with van der Waals surface area (Å²) < 4.78 is 40.4. The third kappa shape index (κ3) is 7.74. The van der Waals surface area contributed by atoms with Gasteiger partial charge >= 0.3 is 14.3 Å². The lowest BCUT2D eigenvalue weighted by molar-refractivity contribution is 0.0396. The van der Waals surface area contributed by atoms with Crippen LogP contribution in [0.2, 0.25) is 0 Å². The number of terminal acetylenes is 1. The Kier molecular flexibility index (Phi) is 11.3. The average molecular weight is 567 g/mol. The Morgan fingerprint density at radius 3 is 2.42 bits per heavy atom. The number of ether oxygens (including phenoxy) is 1. The molecule has 0 saturated carbocycles. The molecule has 0 amide bonds. The van der Waals surface area contributed by atoms with Crippen LogP contribution in [0, 0.1) is 22.8 Å². The normalized spacial score (nSPS) is 16.0. The molecule has 210 valence electrons. The van der Waals surface area contributed by atoms with Crippen LogP contribution >= 0.6 is 20.8 Å². The number of aromatic amines is 1. The largest absolute Gasteiger partial charge is 0.426 e. The number of rotatable bonds is 7. The first kappa shape index (κ1) is 32.1. The zero-order chi connectivity index (χ0) is 28.8. The van der Waals surface area contributed by atoms with E-state index in [9.17, 15) is 4.79 Å². The fourth-order valence-electron chi connectivity index (χ4n) is 3.79. The van der Waals surface area contributed by atoms with E-state index in [4.69, 9.17) is 36.9 Å². The zero-order valence-corrected chi connectivity index (χ0v) is 25.6. The van der Waals surface area contributed by atoms with Gasteiger partial charge in [0.05, 0.1) is 30.4 Å². The summed E-state index contributed by atoms with van der Waals surface area (Å²) in [5.74, 6) is 2.66. The quantitative estimate of drug-likeness (QED) is 0.223. The highest BCUT2D eigenvalue weighted by Gasteiger charge is 2.35. The third-order valence-corrected chi connectivity index (χ3v) is 7.32. The molecule has 7 nitrogen and oxygen atoms in total. The topological polar surface area (TPSA) is 74.7 Å².